The van der Waals surface area contributed by atoms with Crippen LogP contribution >= 0.6 is 0 Å². The largest absolute Gasteiger partial charge is 0.390 e. The highest BCUT2D eigenvalue weighted by Crippen LogP contribution is 2.40. The minimum atomic E-state index is -3.26. The summed E-state index contributed by atoms with van der Waals surface area (Å²) in [6.45, 7) is -1.22. The maximum atomic E-state index is 13.1. The van der Waals surface area contributed by atoms with Gasteiger partial charge < -0.3 is 10.8 Å². The van der Waals surface area contributed by atoms with Crippen molar-refractivity contribution < 1.29 is 13.9 Å². The third-order valence-electron chi connectivity index (χ3n) is 3.01. The van der Waals surface area contributed by atoms with Gasteiger partial charge in [0.05, 0.1) is 6.04 Å². The molecule has 0 aromatic heterocycles. The molecule has 2 rings (SSSR count). The zero-order chi connectivity index (χ0) is 11.8. The molecule has 2 nitrogen and oxygen atoms in total. The minimum Gasteiger partial charge on any atom is -0.390 e. The second kappa shape index (κ2) is 4.11. The molecular weight excluding hydrogens is 212 g/mol. The van der Waals surface area contributed by atoms with Crippen LogP contribution in [0, 0.1) is 0 Å². The SMILES string of the molecule is NC(c1ccc(C2CC2)cc1)C(F)(F)CO. The number of nitrogens with two attached hydrogens (primary N) is 1. The fourth-order valence-corrected chi connectivity index (χ4v) is 1.73. The van der Waals surface area contributed by atoms with E-state index in [2.05, 4.69) is 0 Å². The van der Waals surface area contributed by atoms with E-state index < -0.39 is 18.6 Å². The Bertz CT molecular complexity index is 360. The molecule has 16 heavy (non-hydrogen) atoms. The Morgan fingerprint density at radius 3 is 2.31 bits per heavy atom. The van der Waals surface area contributed by atoms with Gasteiger partial charge in [-0.25, -0.2) is 8.78 Å². The van der Waals surface area contributed by atoms with Crippen molar-refractivity contribution in [2.75, 3.05) is 6.61 Å². The number of aliphatic hydroxyl groups excluding tert-OH is 1. The first-order valence-electron chi connectivity index (χ1n) is 5.38. The van der Waals surface area contributed by atoms with Crippen LogP contribution < -0.4 is 5.73 Å². The Morgan fingerprint density at radius 2 is 1.88 bits per heavy atom. The van der Waals surface area contributed by atoms with Crippen molar-refractivity contribution >= 4 is 0 Å². The van der Waals surface area contributed by atoms with Crippen molar-refractivity contribution in [2.45, 2.75) is 30.7 Å². The lowest BCUT2D eigenvalue weighted by atomic mass is 9.99. The van der Waals surface area contributed by atoms with E-state index in [1.807, 2.05) is 12.1 Å². The van der Waals surface area contributed by atoms with Gasteiger partial charge in [-0.15, -0.1) is 0 Å². The maximum absolute atomic E-state index is 13.1. The van der Waals surface area contributed by atoms with Gasteiger partial charge in [0.25, 0.3) is 5.92 Å². The second-order valence-electron chi connectivity index (χ2n) is 4.34. The number of hydrogen-bond acceptors (Lipinski definition) is 2. The molecule has 1 fully saturated rings. The van der Waals surface area contributed by atoms with E-state index in [0.29, 0.717) is 11.5 Å². The second-order valence-corrected chi connectivity index (χ2v) is 4.34. The third kappa shape index (κ3) is 2.23. The summed E-state index contributed by atoms with van der Waals surface area (Å²) in [6.07, 6.45) is 2.36. The number of rotatable bonds is 4. The molecule has 1 aromatic rings. The number of hydrogen-bond donors (Lipinski definition) is 2. The Hall–Kier alpha value is -1.00. The van der Waals surface area contributed by atoms with E-state index >= 15 is 0 Å². The summed E-state index contributed by atoms with van der Waals surface area (Å²) in [5.41, 5.74) is 6.96. The first-order valence-corrected chi connectivity index (χ1v) is 5.38. The number of halogens is 2. The van der Waals surface area contributed by atoms with E-state index in [-0.39, 0.29) is 0 Å². The fraction of sp³-hybridized carbons (Fsp3) is 0.500. The van der Waals surface area contributed by atoms with Crippen molar-refractivity contribution in [3.05, 3.63) is 35.4 Å². The molecule has 4 heteroatoms. The Labute approximate surface area is 93.1 Å². The molecule has 1 aliphatic rings. The number of benzene rings is 1. The maximum Gasteiger partial charge on any atom is 0.289 e. The molecule has 0 spiro atoms. The van der Waals surface area contributed by atoms with Crippen molar-refractivity contribution in [1.82, 2.24) is 0 Å². The summed E-state index contributed by atoms with van der Waals surface area (Å²) in [6, 6.07) is 5.51. The molecule has 88 valence electrons. The van der Waals surface area contributed by atoms with Gasteiger partial charge in [0.1, 0.15) is 6.61 Å². The van der Waals surface area contributed by atoms with Gasteiger partial charge in [-0.1, -0.05) is 24.3 Å². The molecule has 1 aliphatic carbocycles. The summed E-state index contributed by atoms with van der Waals surface area (Å²) in [5.74, 6) is -2.66. The standard InChI is InChI=1S/C12H15F2NO/c13-12(14,7-16)11(15)10-5-3-9(4-6-10)8-1-2-8/h3-6,8,11,16H,1-2,7,15H2. The molecule has 3 N–H and O–H groups in total. The highest BCUT2D eigenvalue weighted by Gasteiger charge is 2.37. The highest BCUT2D eigenvalue weighted by molar-refractivity contribution is 5.30. The zero-order valence-electron chi connectivity index (χ0n) is 8.87. The molecule has 1 aromatic carbocycles. The van der Waals surface area contributed by atoms with Crippen LogP contribution in [0.25, 0.3) is 0 Å². The molecular formula is C12H15F2NO. The lowest BCUT2D eigenvalue weighted by Gasteiger charge is -2.21. The normalized spacial score (nSPS) is 18.5. The lowest BCUT2D eigenvalue weighted by molar-refractivity contribution is -0.0711. The molecule has 0 amide bonds. The van der Waals surface area contributed by atoms with E-state index in [1.54, 1.807) is 12.1 Å². The van der Waals surface area contributed by atoms with Gasteiger partial charge in [-0.05, 0) is 29.9 Å². The average Bonchev–Trinajstić information content (AvgIpc) is 3.12. The lowest BCUT2D eigenvalue weighted by Crippen LogP contribution is -2.36. The van der Waals surface area contributed by atoms with Crippen molar-refractivity contribution in [3.63, 3.8) is 0 Å². The average molecular weight is 227 g/mol. The van der Waals surface area contributed by atoms with Crippen LogP contribution in [0.2, 0.25) is 0 Å². The van der Waals surface area contributed by atoms with Crippen LogP contribution in [0.5, 0.6) is 0 Å². The van der Waals surface area contributed by atoms with Crippen LogP contribution in [-0.4, -0.2) is 17.6 Å². The van der Waals surface area contributed by atoms with Gasteiger partial charge in [0.2, 0.25) is 0 Å². The van der Waals surface area contributed by atoms with Crippen LogP contribution in [0.1, 0.15) is 35.9 Å². The predicted octanol–water partition coefficient (Wildman–Crippen LogP) is 2.19. The van der Waals surface area contributed by atoms with E-state index in [0.717, 1.165) is 0 Å². The molecule has 1 atom stereocenters. The van der Waals surface area contributed by atoms with Crippen molar-refractivity contribution in [3.8, 4) is 0 Å². The topological polar surface area (TPSA) is 46.2 Å². The summed E-state index contributed by atoms with van der Waals surface area (Å²) < 4.78 is 26.3. The first kappa shape index (κ1) is 11.5. The molecule has 0 heterocycles. The van der Waals surface area contributed by atoms with E-state index in [1.165, 1.54) is 18.4 Å². The smallest absolute Gasteiger partial charge is 0.289 e. The summed E-state index contributed by atoms with van der Waals surface area (Å²) in [7, 11) is 0. The van der Waals surface area contributed by atoms with Crippen molar-refractivity contribution in [1.29, 1.82) is 0 Å². The van der Waals surface area contributed by atoms with Crippen LogP contribution in [0.4, 0.5) is 8.78 Å². The quantitative estimate of drug-likeness (QED) is 0.828. The van der Waals surface area contributed by atoms with E-state index in [9.17, 15) is 8.78 Å². The summed E-state index contributed by atoms with van der Waals surface area (Å²) in [4.78, 5) is 0. The number of alkyl halides is 2. The molecule has 0 radical (unpaired) electrons. The predicted molar refractivity (Wildman–Crippen MR) is 57.4 cm³/mol. The third-order valence-corrected chi connectivity index (χ3v) is 3.01. The summed E-state index contributed by atoms with van der Waals surface area (Å²) >= 11 is 0. The fourth-order valence-electron chi connectivity index (χ4n) is 1.73. The summed E-state index contributed by atoms with van der Waals surface area (Å²) in [5, 5.41) is 8.55. The zero-order valence-corrected chi connectivity index (χ0v) is 8.87. The van der Waals surface area contributed by atoms with E-state index in [4.69, 9.17) is 10.8 Å². The van der Waals surface area contributed by atoms with Gasteiger partial charge in [0.15, 0.2) is 0 Å². The van der Waals surface area contributed by atoms with Crippen LogP contribution in [-0.2, 0) is 0 Å². The molecule has 0 saturated heterocycles. The van der Waals surface area contributed by atoms with Crippen LogP contribution in [0.15, 0.2) is 24.3 Å². The molecule has 0 bridgehead atoms. The molecule has 1 unspecified atom stereocenters. The highest BCUT2D eigenvalue weighted by atomic mass is 19.3. The van der Waals surface area contributed by atoms with Crippen LogP contribution in [0.3, 0.4) is 0 Å². The minimum absolute atomic E-state index is 0.364. The molecule has 1 saturated carbocycles. The van der Waals surface area contributed by atoms with Gasteiger partial charge in [-0.2, -0.15) is 0 Å². The monoisotopic (exact) mass is 227 g/mol. The van der Waals surface area contributed by atoms with Gasteiger partial charge in [-0.3, -0.25) is 0 Å². The van der Waals surface area contributed by atoms with Gasteiger partial charge in [0, 0.05) is 0 Å². The molecule has 0 aliphatic heterocycles. The Morgan fingerprint density at radius 1 is 1.31 bits per heavy atom. The van der Waals surface area contributed by atoms with Gasteiger partial charge >= 0.3 is 0 Å². The Kier molecular flexibility index (Phi) is 2.95. The van der Waals surface area contributed by atoms with Crippen molar-refractivity contribution in [2.24, 2.45) is 5.73 Å². The number of aliphatic hydroxyl groups is 1. The Balaban J connectivity index is 2.14. The first-order chi connectivity index (χ1) is 7.54.